The van der Waals surface area contributed by atoms with Crippen LogP contribution in [0, 0.1) is 34.5 Å². The lowest BCUT2D eigenvalue weighted by atomic mass is 9.46. The van der Waals surface area contributed by atoms with Crippen LogP contribution in [-0.4, -0.2) is 50.0 Å². The molecule has 0 N–H and O–H groups in total. The molecule has 0 saturated carbocycles. The zero-order chi connectivity index (χ0) is 23.0. The standard InChI is InChI=1S/C22H18O10/c1-29-17(25)21-11(15(23)31-19(21)27)7-5-9-3-4-10-6-8-12-16(24)32-20(28)22(12,18(26)30-2)14(10)13(9)21/h3-6,11-14H,7-8H2,1-2H3. The van der Waals surface area contributed by atoms with E-state index < -0.39 is 70.3 Å². The van der Waals surface area contributed by atoms with E-state index in [-0.39, 0.29) is 12.8 Å². The Balaban J connectivity index is 1.84. The molecule has 10 nitrogen and oxygen atoms in total. The van der Waals surface area contributed by atoms with Crippen molar-refractivity contribution in [3.05, 3.63) is 35.5 Å². The van der Waals surface area contributed by atoms with Crippen LogP contribution in [0.15, 0.2) is 35.5 Å². The number of esters is 6. The molecule has 0 aromatic carbocycles. The highest BCUT2D eigenvalue weighted by molar-refractivity contribution is 6.15. The van der Waals surface area contributed by atoms with E-state index in [1.807, 2.05) is 0 Å². The van der Waals surface area contributed by atoms with E-state index in [9.17, 15) is 28.8 Å². The Morgan fingerprint density at radius 3 is 1.50 bits per heavy atom. The third-order valence-electron chi connectivity index (χ3n) is 7.46. The normalized spacial score (nSPS) is 38.9. The van der Waals surface area contributed by atoms with E-state index in [1.54, 1.807) is 24.3 Å². The van der Waals surface area contributed by atoms with Crippen LogP contribution in [0.1, 0.15) is 12.8 Å². The number of hydrogen-bond acceptors (Lipinski definition) is 10. The van der Waals surface area contributed by atoms with Crippen LogP contribution in [-0.2, 0) is 47.7 Å². The summed E-state index contributed by atoms with van der Waals surface area (Å²) in [4.78, 5) is 77.7. The fourth-order valence-corrected chi connectivity index (χ4v) is 6.18. The summed E-state index contributed by atoms with van der Waals surface area (Å²) < 4.78 is 19.7. The summed E-state index contributed by atoms with van der Waals surface area (Å²) in [6, 6.07) is 0. The maximum atomic E-state index is 13.2. The van der Waals surface area contributed by atoms with E-state index in [0.717, 1.165) is 14.2 Å². The van der Waals surface area contributed by atoms with Crippen molar-refractivity contribution in [2.24, 2.45) is 34.5 Å². The van der Waals surface area contributed by atoms with Crippen molar-refractivity contribution < 1.29 is 47.7 Å². The van der Waals surface area contributed by atoms with Crippen LogP contribution >= 0.6 is 0 Å². The average Bonchev–Trinajstić information content (AvgIpc) is 3.21. The molecule has 10 heteroatoms. The van der Waals surface area contributed by atoms with Crippen molar-refractivity contribution >= 4 is 35.8 Å². The van der Waals surface area contributed by atoms with Crippen LogP contribution in [0.25, 0.3) is 0 Å². The van der Waals surface area contributed by atoms with Gasteiger partial charge < -0.3 is 18.9 Å². The summed E-state index contributed by atoms with van der Waals surface area (Å²) in [5.74, 6) is -10.8. The SMILES string of the molecule is COC(=O)C12C(=O)OC(=O)C1CC=C1C=CC3=CCC4C(=O)OC(=O)C4(C(=O)OC)C3C12. The molecule has 3 aliphatic carbocycles. The van der Waals surface area contributed by atoms with Gasteiger partial charge in [-0.25, -0.2) is 0 Å². The predicted octanol–water partition coefficient (Wildman–Crippen LogP) is 0.167. The fourth-order valence-electron chi connectivity index (χ4n) is 6.18. The lowest BCUT2D eigenvalue weighted by molar-refractivity contribution is -0.180. The molecular formula is C22H18O10. The molecule has 0 radical (unpaired) electrons. The molecule has 0 bridgehead atoms. The molecule has 2 aliphatic heterocycles. The number of allylic oxidation sites excluding steroid dienone is 6. The molecule has 2 fully saturated rings. The fraction of sp³-hybridized carbons (Fsp3) is 0.455. The van der Waals surface area contributed by atoms with Crippen molar-refractivity contribution in [2.75, 3.05) is 14.2 Å². The first kappa shape index (κ1) is 20.3. The van der Waals surface area contributed by atoms with Gasteiger partial charge in [0.05, 0.1) is 26.1 Å². The Hall–Kier alpha value is -3.56. The first-order valence-electron chi connectivity index (χ1n) is 10.0. The second-order valence-corrected chi connectivity index (χ2v) is 8.41. The number of rotatable bonds is 2. The minimum absolute atomic E-state index is 0.0274. The molecule has 6 atom stereocenters. The summed E-state index contributed by atoms with van der Waals surface area (Å²) in [6.45, 7) is 0. The van der Waals surface area contributed by atoms with Crippen molar-refractivity contribution in [1.29, 1.82) is 0 Å². The molecule has 0 aromatic heterocycles. The number of carbonyl (C=O) groups excluding carboxylic acids is 6. The molecule has 0 aromatic rings. The van der Waals surface area contributed by atoms with Crippen molar-refractivity contribution in [2.45, 2.75) is 12.8 Å². The topological polar surface area (TPSA) is 139 Å². The molecule has 5 rings (SSSR count). The summed E-state index contributed by atoms with van der Waals surface area (Å²) in [7, 11) is 2.15. The van der Waals surface area contributed by atoms with Crippen molar-refractivity contribution in [3.63, 3.8) is 0 Å². The van der Waals surface area contributed by atoms with Gasteiger partial charge in [-0.3, -0.25) is 28.8 Å². The number of cyclic esters (lactones) is 4. The maximum Gasteiger partial charge on any atom is 0.332 e. The lowest BCUT2D eigenvalue weighted by Gasteiger charge is -2.50. The Morgan fingerprint density at radius 1 is 0.781 bits per heavy atom. The highest BCUT2D eigenvalue weighted by Crippen LogP contribution is 2.64. The van der Waals surface area contributed by atoms with Crippen LogP contribution in [0.5, 0.6) is 0 Å². The van der Waals surface area contributed by atoms with E-state index in [1.165, 1.54) is 0 Å². The number of fused-ring (bicyclic) bond motifs is 7. The molecule has 2 heterocycles. The average molecular weight is 442 g/mol. The largest absolute Gasteiger partial charge is 0.468 e. The highest BCUT2D eigenvalue weighted by atomic mass is 16.6. The first-order valence-corrected chi connectivity index (χ1v) is 10.0. The minimum atomic E-state index is -2.13. The lowest BCUT2D eigenvalue weighted by Crippen LogP contribution is -2.61. The quantitative estimate of drug-likeness (QED) is 0.330. The van der Waals surface area contributed by atoms with Gasteiger partial charge in [0.15, 0.2) is 10.8 Å². The monoisotopic (exact) mass is 442 g/mol. The van der Waals surface area contributed by atoms with Crippen molar-refractivity contribution in [1.82, 2.24) is 0 Å². The third-order valence-corrected chi connectivity index (χ3v) is 7.46. The van der Waals surface area contributed by atoms with E-state index >= 15 is 0 Å². The second-order valence-electron chi connectivity index (χ2n) is 8.41. The van der Waals surface area contributed by atoms with Gasteiger partial charge in [0.1, 0.15) is 0 Å². The number of hydrogen-bond donors (Lipinski definition) is 0. The molecule has 166 valence electrons. The maximum absolute atomic E-state index is 13.2. The number of methoxy groups -OCH3 is 2. The van der Waals surface area contributed by atoms with Gasteiger partial charge in [-0.2, -0.15) is 0 Å². The van der Waals surface area contributed by atoms with Gasteiger partial charge in [-0.15, -0.1) is 0 Å². The summed E-state index contributed by atoms with van der Waals surface area (Å²) >= 11 is 0. The highest BCUT2D eigenvalue weighted by Gasteiger charge is 2.78. The number of ether oxygens (including phenoxy) is 4. The summed E-state index contributed by atoms with van der Waals surface area (Å²) in [5, 5.41) is 0. The summed E-state index contributed by atoms with van der Waals surface area (Å²) in [5.41, 5.74) is -3.34. The van der Waals surface area contributed by atoms with Gasteiger partial charge in [0, 0.05) is 11.8 Å². The first-order chi connectivity index (χ1) is 15.3. The number of carbonyl (C=O) groups is 6. The van der Waals surface area contributed by atoms with Crippen LogP contribution in [0.2, 0.25) is 0 Å². The van der Waals surface area contributed by atoms with Crippen LogP contribution in [0.3, 0.4) is 0 Å². The molecule has 0 amide bonds. The van der Waals surface area contributed by atoms with Gasteiger partial charge in [0.2, 0.25) is 0 Å². The molecule has 2 saturated heterocycles. The third kappa shape index (κ3) is 2.05. The van der Waals surface area contributed by atoms with Gasteiger partial charge in [0.25, 0.3) is 0 Å². The predicted molar refractivity (Wildman–Crippen MR) is 99.6 cm³/mol. The van der Waals surface area contributed by atoms with Gasteiger partial charge in [-0.1, -0.05) is 24.3 Å². The second kappa shape index (κ2) is 6.47. The Kier molecular flexibility index (Phi) is 4.12. The summed E-state index contributed by atoms with van der Waals surface area (Å²) in [6.07, 6.45) is 6.72. The molecule has 0 spiro atoms. The van der Waals surface area contributed by atoms with E-state index in [0.29, 0.717) is 11.1 Å². The smallest absolute Gasteiger partial charge is 0.332 e. The molecule has 6 unspecified atom stereocenters. The van der Waals surface area contributed by atoms with Gasteiger partial charge in [-0.05, 0) is 24.0 Å². The molecule has 32 heavy (non-hydrogen) atoms. The minimum Gasteiger partial charge on any atom is -0.468 e. The zero-order valence-electron chi connectivity index (χ0n) is 17.1. The Labute approximate surface area is 181 Å². The van der Waals surface area contributed by atoms with E-state index in [4.69, 9.17) is 18.9 Å². The molecule has 5 aliphatic rings. The Morgan fingerprint density at radius 2 is 1.16 bits per heavy atom. The van der Waals surface area contributed by atoms with Crippen molar-refractivity contribution in [3.8, 4) is 0 Å². The van der Waals surface area contributed by atoms with E-state index in [2.05, 4.69) is 0 Å². The zero-order valence-corrected chi connectivity index (χ0v) is 17.1. The Bertz CT molecular complexity index is 1020. The van der Waals surface area contributed by atoms with Crippen LogP contribution < -0.4 is 0 Å². The van der Waals surface area contributed by atoms with Gasteiger partial charge >= 0.3 is 35.8 Å². The van der Waals surface area contributed by atoms with Crippen LogP contribution in [0.4, 0.5) is 0 Å². The molecular weight excluding hydrogens is 424 g/mol.